The van der Waals surface area contributed by atoms with Crippen molar-refractivity contribution in [1.82, 2.24) is 0 Å². The Morgan fingerprint density at radius 2 is 2.22 bits per heavy atom. The molecule has 1 aliphatic carbocycles. The summed E-state index contributed by atoms with van der Waals surface area (Å²) in [7, 11) is 0. The molecule has 9 heavy (non-hydrogen) atoms. The van der Waals surface area contributed by atoms with Crippen molar-refractivity contribution in [3.8, 4) is 0 Å². The van der Waals surface area contributed by atoms with Gasteiger partial charge >= 0.3 is 0 Å². The molecule has 2 N–H and O–H groups in total. The molecule has 0 amide bonds. The number of hydrogen-bond acceptors (Lipinski definition) is 1. The van der Waals surface area contributed by atoms with Crippen molar-refractivity contribution in [1.29, 1.82) is 0 Å². The van der Waals surface area contributed by atoms with Gasteiger partial charge in [-0.2, -0.15) is 0 Å². The topological polar surface area (TPSA) is 26.0 Å². The molecule has 0 fully saturated rings. The van der Waals surface area contributed by atoms with Crippen LogP contribution in [0.1, 0.15) is 6.42 Å². The van der Waals surface area contributed by atoms with Gasteiger partial charge in [-0.05, 0) is 12.5 Å². The molecule has 1 aliphatic rings. The molecule has 0 spiro atoms. The first kappa shape index (κ1) is 6.42. The number of rotatable bonds is 0. The summed E-state index contributed by atoms with van der Waals surface area (Å²) in [5, 5.41) is 0. The van der Waals surface area contributed by atoms with Gasteiger partial charge in [0.05, 0.1) is 6.04 Å². The molecule has 0 aromatic rings. The van der Waals surface area contributed by atoms with Gasteiger partial charge in [-0.15, -0.1) is 0 Å². The van der Waals surface area contributed by atoms with Gasteiger partial charge < -0.3 is 5.73 Å². The Hall–Kier alpha value is -0.700. The molecule has 0 saturated heterocycles. The van der Waals surface area contributed by atoms with Crippen LogP contribution in [-0.2, 0) is 0 Å². The third kappa shape index (κ3) is 1.36. The maximum Gasteiger partial charge on any atom is 0.121 e. The van der Waals surface area contributed by atoms with Gasteiger partial charge in [0, 0.05) is 6.08 Å². The number of halogens is 2. The summed E-state index contributed by atoms with van der Waals surface area (Å²) in [5.74, 6) is -1.11. The molecule has 50 valence electrons. The van der Waals surface area contributed by atoms with Gasteiger partial charge in [-0.25, -0.2) is 8.78 Å². The zero-order chi connectivity index (χ0) is 6.85. The van der Waals surface area contributed by atoms with Gasteiger partial charge in [-0.3, -0.25) is 0 Å². The molecular formula is C6H7F2N. The fraction of sp³-hybridized carbons (Fsp3) is 0.333. The van der Waals surface area contributed by atoms with Crippen molar-refractivity contribution in [3.63, 3.8) is 0 Å². The minimum absolute atomic E-state index is 0.258. The Morgan fingerprint density at radius 1 is 1.56 bits per heavy atom. The zero-order valence-corrected chi connectivity index (χ0v) is 4.77. The van der Waals surface area contributed by atoms with Gasteiger partial charge in [0.15, 0.2) is 0 Å². The minimum atomic E-state index is -0.635. The average molecular weight is 131 g/mol. The lowest BCUT2D eigenvalue weighted by Crippen LogP contribution is -2.21. The predicted molar refractivity (Wildman–Crippen MR) is 31.0 cm³/mol. The molecule has 1 atom stereocenters. The molecule has 0 radical (unpaired) electrons. The Labute approximate surface area is 51.8 Å². The first-order valence-electron chi connectivity index (χ1n) is 2.68. The van der Waals surface area contributed by atoms with Crippen LogP contribution in [0.25, 0.3) is 0 Å². The van der Waals surface area contributed by atoms with E-state index in [9.17, 15) is 8.78 Å². The van der Waals surface area contributed by atoms with Crippen molar-refractivity contribution < 1.29 is 8.78 Å². The molecule has 1 nitrogen and oxygen atoms in total. The summed E-state index contributed by atoms with van der Waals surface area (Å²) in [6.45, 7) is 0. The fourth-order valence-corrected chi connectivity index (χ4v) is 0.650. The second-order valence-electron chi connectivity index (χ2n) is 1.96. The lowest BCUT2D eigenvalue weighted by atomic mass is 10.1. The first-order valence-corrected chi connectivity index (χ1v) is 2.68. The normalized spacial score (nSPS) is 27.2. The highest BCUT2D eigenvalue weighted by molar-refractivity contribution is 5.23. The van der Waals surface area contributed by atoms with E-state index in [4.69, 9.17) is 5.73 Å². The van der Waals surface area contributed by atoms with E-state index in [1.54, 1.807) is 0 Å². The minimum Gasteiger partial charge on any atom is -0.322 e. The van der Waals surface area contributed by atoms with Gasteiger partial charge in [0.1, 0.15) is 11.7 Å². The monoisotopic (exact) mass is 131 g/mol. The molecule has 0 heterocycles. The van der Waals surface area contributed by atoms with Crippen molar-refractivity contribution in [2.24, 2.45) is 5.73 Å². The van der Waals surface area contributed by atoms with Crippen LogP contribution in [-0.4, -0.2) is 6.04 Å². The Morgan fingerprint density at radius 3 is 2.67 bits per heavy atom. The highest BCUT2D eigenvalue weighted by Crippen LogP contribution is 2.17. The molecule has 0 aliphatic heterocycles. The van der Waals surface area contributed by atoms with Gasteiger partial charge in [-0.1, -0.05) is 0 Å². The summed E-state index contributed by atoms with van der Waals surface area (Å²) in [6.07, 6.45) is 2.34. The van der Waals surface area contributed by atoms with Crippen molar-refractivity contribution in [2.45, 2.75) is 12.5 Å². The van der Waals surface area contributed by atoms with Gasteiger partial charge in [0.2, 0.25) is 0 Å². The summed E-state index contributed by atoms with van der Waals surface area (Å²) >= 11 is 0. The first-order chi connectivity index (χ1) is 4.20. The average Bonchev–Trinajstić information content (AvgIpc) is 1.80. The van der Waals surface area contributed by atoms with E-state index in [0.717, 1.165) is 6.08 Å². The highest BCUT2D eigenvalue weighted by Gasteiger charge is 2.12. The Bertz CT molecular complexity index is 172. The van der Waals surface area contributed by atoms with Crippen LogP contribution in [0.15, 0.2) is 23.8 Å². The van der Waals surface area contributed by atoms with Crippen molar-refractivity contribution >= 4 is 0 Å². The Balaban J connectivity index is 2.74. The predicted octanol–water partition coefficient (Wildman–Crippen LogP) is 1.42. The summed E-state index contributed by atoms with van der Waals surface area (Å²) in [4.78, 5) is 0. The highest BCUT2D eigenvalue weighted by atomic mass is 19.1. The molecule has 0 bridgehead atoms. The second-order valence-corrected chi connectivity index (χ2v) is 1.96. The number of nitrogens with two attached hydrogens (primary N) is 1. The molecule has 3 heteroatoms. The van der Waals surface area contributed by atoms with E-state index in [0.29, 0.717) is 0 Å². The quantitative estimate of drug-likeness (QED) is 0.528. The number of hydrogen-bond donors (Lipinski definition) is 1. The molecule has 0 saturated carbocycles. The molecule has 0 aromatic carbocycles. The second kappa shape index (κ2) is 2.27. The van der Waals surface area contributed by atoms with Crippen LogP contribution in [0.3, 0.4) is 0 Å². The van der Waals surface area contributed by atoms with Crippen LogP contribution >= 0.6 is 0 Å². The summed E-state index contributed by atoms with van der Waals surface area (Å²) in [5.41, 5.74) is 5.19. The molecule has 1 unspecified atom stereocenters. The molecule has 0 aromatic heterocycles. The largest absolute Gasteiger partial charge is 0.322 e. The van der Waals surface area contributed by atoms with E-state index in [1.165, 1.54) is 6.08 Å². The van der Waals surface area contributed by atoms with Crippen LogP contribution in [0.2, 0.25) is 0 Å². The number of allylic oxidation sites excluding steroid dienone is 2. The van der Waals surface area contributed by atoms with Crippen LogP contribution in [0.5, 0.6) is 0 Å². The summed E-state index contributed by atoms with van der Waals surface area (Å²) < 4.78 is 24.4. The van der Waals surface area contributed by atoms with E-state index >= 15 is 0 Å². The smallest absolute Gasteiger partial charge is 0.121 e. The van der Waals surface area contributed by atoms with Crippen LogP contribution < -0.4 is 5.73 Å². The lowest BCUT2D eigenvalue weighted by molar-refractivity contribution is 0.516. The van der Waals surface area contributed by atoms with E-state index < -0.39 is 17.7 Å². The third-order valence-corrected chi connectivity index (χ3v) is 1.20. The fourth-order valence-electron chi connectivity index (χ4n) is 0.650. The standard InChI is InChI=1S/C6H7F2N/c7-4-1-2-6(9)5(8)3-4/h1,3,6H,2,9H2. The SMILES string of the molecule is NC1CC=C(F)C=C1F. The van der Waals surface area contributed by atoms with Crippen molar-refractivity contribution in [2.75, 3.05) is 0 Å². The van der Waals surface area contributed by atoms with E-state index in [-0.39, 0.29) is 6.42 Å². The van der Waals surface area contributed by atoms with E-state index in [1.807, 2.05) is 0 Å². The summed E-state index contributed by atoms with van der Waals surface area (Å²) in [6, 6.07) is -0.635. The van der Waals surface area contributed by atoms with Gasteiger partial charge in [0.25, 0.3) is 0 Å². The zero-order valence-electron chi connectivity index (χ0n) is 4.77. The maximum atomic E-state index is 12.3. The third-order valence-electron chi connectivity index (χ3n) is 1.20. The Kier molecular flexibility index (Phi) is 1.62. The van der Waals surface area contributed by atoms with Crippen LogP contribution in [0, 0.1) is 0 Å². The van der Waals surface area contributed by atoms with Crippen LogP contribution in [0.4, 0.5) is 8.78 Å². The maximum absolute atomic E-state index is 12.3. The van der Waals surface area contributed by atoms with E-state index in [2.05, 4.69) is 0 Å². The lowest BCUT2D eigenvalue weighted by Gasteiger charge is -2.09. The van der Waals surface area contributed by atoms with Crippen molar-refractivity contribution in [3.05, 3.63) is 23.8 Å². The molecular weight excluding hydrogens is 124 g/mol. The molecule has 1 rings (SSSR count).